The van der Waals surface area contributed by atoms with Gasteiger partial charge in [-0.2, -0.15) is 0 Å². The van der Waals surface area contributed by atoms with E-state index in [0.717, 1.165) is 33.5 Å². The number of carbonyl (C=O) groups is 1. The molecule has 5 nitrogen and oxygen atoms in total. The van der Waals surface area contributed by atoms with Crippen LogP contribution in [0, 0.1) is 13.8 Å². The Morgan fingerprint density at radius 3 is 2.41 bits per heavy atom. The van der Waals surface area contributed by atoms with Crippen LogP contribution in [-0.2, 0) is 11.4 Å². The van der Waals surface area contributed by atoms with E-state index in [1.54, 1.807) is 6.92 Å². The zero-order chi connectivity index (χ0) is 19.2. The van der Waals surface area contributed by atoms with Gasteiger partial charge in [-0.05, 0) is 44.0 Å². The molecule has 0 aliphatic carbocycles. The minimum absolute atomic E-state index is 0.173. The second-order valence-electron chi connectivity index (χ2n) is 6.38. The molecule has 0 aliphatic rings. The van der Waals surface area contributed by atoms with Crippen LogP contribution in [0.5, 0.6) is 5.75 Å². The van der Waals surface area contributed by atoms with E-state index in [1.807, 2.05) is 66.9 Å². The average molecular weight is 382 g/mol. The summed E-state index contributed by atoms with van der Waals surface area (Å²) in [6.45, 7) is 5.99. The van der Waals surface area contributed by atoms with Crippen LogP contribution in [0.1, 0.15) is 30.3 Å². The number of aromatic nitrogens is 3. The smallest absolute Gasteiger partial charge is 0.195 e. The molecule has 0 aliphatic heterocycles. The molecule has 140 valence electrons. The monoisotopic (exact) mass is 381 g/mol. The molecule has 0 radical (unpaired) electrons. The summed E-state index contributed by atoms with van der Waals surface area (Å²) in [6, 6.07) is 16.1. The molecule has 0 spiro atoms. The summed E-state index contributed by atoms with van der Waals surface area (Å²) in [5.41, 5.74) is 3.17. The molecule has 3 rings (SSSR count). The van der Waals surface area contributed by atoms with Crippen molar-refractivity contribution in [3.8, 4) is 11.4 Å². The summed E-state index contributed by atoms with van der Waals surface area (Å²) in [5, 5.41) is 9.44. The molecule has 0 unspecified atom stereocenters. The SMILES string of the molecule is CC(=O)CCSc1nnc(COc2c(C)cccc2C)n1-c1ccccc1. The third kappa shape index (κ3) is 4.77. The van der Waals surface area contributed by atoms with Crippen molar-refractivity contribution >= 4 is 17.5 Å². The minimum atomic E-state index is 0.173. The fraction of sp³-hybridized carbons (Fsp3) is 0.286. The Labute approximate surface area is 163 Å². The van der Waals surface area contributed by atoms with Crippen LogP contribution in [0.15, 0.2) is 53.7 Å². The van der Waals surface area contributed by atoms with Crippen molar-refractivity contribution in [2.75, 3.05) is 5.75 Å². The summed E-state index contributed by atoms with van der Waals surface area (Å²) in [4.78, 5) is 11.2. The number of hydrogen-bond donors (Lipinski definition) is 0. The number of aryl methyl sites for hydroxylation is 2. The van der Waals surface area contributed by atoms with Crippen LogP contribution >= 0.6 is 11.8 Å². The highest BCUT2D eigenvalue weighted by Crippen LogP contribution is 2.26. The topological polar surface area (TPSA) is 57.0 Å². The number of benzene rings is 2. The molecule has 0 fully saturated rings. The van der Waals surface area contributed by atoms with E-state index < -0.39 is 0 Å². The van der Waals surface area contributed by atoms with Crippen molar-refractivity contribution in [3.63, 3.8) is 0 Å². The number of carbonyl (C=O) groups excluding carboxylic acids is 1. The van der Waals surface area contributed by atoms with Gasteiger partial charge in [0.15, 0.2) is 11.0 Å². The van der Waals surface area contributed by atoms with Crippen LogP contribution in [0.25, 0.3) is 5.69 Å². The lowest BCUT2D eigenvalue weighted by Gasteiger charge is -2.13. The van der Waals surface area contributed by atoms with E-state index in [9.17, 15) is 4.79 Å². The Morgan fingerprint density at radius 1 is 1.04 bits per heavy atom. The maximum absolute atomic E-state index is 11.2. The van der Waals surface area contributed by atoms with Crippen molar-refractivity contribution in [3.05, 3.63) is 65.5 Å². The zero-order valence-corrected chi connectivity index (χ0v) is 16.6. The van der Waals surface area contributed by atoms with Crippen LogP contribution in [0.2, 0.25) is 0 Å². The standard InChI is InChI=1S/C21H23N3O2S/c1-15-8-7-9-16(2)20(15)26-14-19-22-23-21(27-13-12-17(3)25)24(19)18-10-5-4-6-11-18/h4-11H,12-14H2,1-3H3. The van der Waals surface area contributed by atoms with Gasteiger partial charge < -0.3 is 4.74 Å². The van der Waals surface area contributed by atoms with Crippen molar-refractivity contribution in [1.29, 1.82) is 0 Å². The molecular weight excluding hydrogens is 358 g/mol. The maximum atomic E-state index is 11.2. The molecule has 2 aromatic carbocycles. The second-order valence-corrected chi connectivity index (χ2v) is 7.44. The van der Waals surface area contributed by atoms with Crippen molar-refractivity contribution in [2.45, 2.75) is 39.0 Å². The van der Waals surface area contributed by atoms with Crippen LogP contribution in [-0.4, -0.2) is 26.3 Å². The van der Waals surface area contributed by atoms with E-state index in [0.29, 0.717) is 18.8 Å². The predicted octanol–water partition coefficient (Wildman–Crippen LogP) is 4.53. The number of Topliss-reactive ketones (excluding diaryl/α,β-unsaturated/α-hetero) is 1. The predicted molar refractivity (Wildman–Crippen MR) is 108 cm³/mol. The Bertz CT molecular complexity index is 902. The van der Waals surface area contributed by atoms with E-state index in [-0.39, 0.29) is 5.78 Å². The van der Waals surface area contributed by atoms with E-state index in [4.69, 9.17) is 4.74 Å². The van der Waals surface area contributed by atoms with E-state index in [1.165, 1.54) is 11.8 Å². The Balaban J connectivity index is 1.86. The summed E-state index contributed by atoms with van der Waals surface area (Å²) in [6.07, 6.45) is 0.514. The van der Waals surface area contributed by atoms with Gasteiger partial charge in [-0.15, -0.1) is 10.2 Å². The van der Waals surface area contributed by atoms with E-state index in [2.05, 4.69) is 10.2 Å². The number of thioether (sulfide) groups is 1. The van der Waals surface area contributed by atoms with Gasteiger partial charge in [0.2, 0.25) is 0 Å². The molecule has 3 aromatic rings. The molecule has 0 amide bonds. The van der Waals surface area contributed by atoms with Gasteiger partial charge in [0, 0.05) is 17.9 Å². The van der Waals surface area contributed by atoms with Crippen molar-refractivity contribution < 1.29 is 9.53 Å². The van der Waals surface area contributed by atoms with Gasteiger partial charge >= 0.3 is 0 Å². The number of ether oxygens (including phenoxy) is 1. The average Bonchev–Trinajstić information content (AvgIpc) is 3.04. The lowest BCUT2D eigenvalue weighted by atomic mass is 10.1. The Morgan fingerprint density at radius 2 is 1.74 bits per heavy atom. The van der Waals surface area contributed by atoms with Gasteiger partial charge in [-0.1, -0.05) is 48.2 Å². The normalized spacial score (nSPS) is 10.8. The number of para-hydroxylation sites is 2. The summed E-state index contributed by atoms with van der Waals surface area (Å²) < 4.78 is 8.08. The molecule has 0 saturated heterocycles. The molecule has 0 saturated carbocycles. The third-order valence-electron chi connectivity index (χ3n) is 4.15. The largest absolute Gasteiger partial charge is 0.485 e. The number of ketones is 1. The van der Waals surface area contributed by atoms with Gasteiger partial charge in [-0.25, -0.2) is 0 Å². The summed E-state index contributed by atoms with van der Waals surface area (Å²) in [7, 11) is 0. The molecule has 0 atom stereocenters. The highest BCUT2D eigenvalue weighted by atomic mass is 32.2. The number of nitrogens with zero attached hydrogens (tertiary/aromatic N) is 3. The number of rotatable bonds is 8. The molecular formula is C21H23N3O2S. The number of hydrogen-bond acceptors (Lipinski definition) is 5. The van der Waals surface area contributed by atoms with E-state index >= 15 is 0 Å². The van der Waals surface area contributed by atoms with Crippen LogP contribution in [0.4, 0.5) is 0 Å². The molecule has 27 heavy (non-hydrogen) atoms. The first kappa shape index (κ1) is 19.2. The summed E-state index contributed by atoms with van der Waals surface area (Å²) >= 11 is 1.53. The van der Waals surface area contributed by atoms with Gasteiger partial charge in [-0.3, -0.25) is 9.36 Å². The Kier molecular flexibility index (Phi) is 6.29. The van der Waals surface area contributed by atoms with Gasteiger partial charge in [0.25, 0.3) is 0 Å². The molecule has 0 bridgehead atoms. The van der Waals surface area contributed by atoms with Crippen LogP contribution < -0.4 is 4.74 Å². The quantitative estimate of drug-likeness (QED) is 0.536. The molecule has 1 aromatic heterocycles. The molecule has 1 heterocycles. The lowest BCUT2D eigenvalue weighted by Crippen LogP contribution is -2.08. The van der Waals surface area contributed by atoms with Gasteiger partial charge in [0.1, 0.15) is 18.1 Å². The fourth-order valence-corrected chi connectivity index (χ4v) is 3.78. The fourth-order valence-electron chi connectivity index (χ4n) is 2.77. The minimum Gasteiger partial charge on any atom is -0.485 e. The third-order valence-corrected chi connectivity index (χ3v) is 5.09. The first-order chi connectivity index (χ1) is 13.1. The van der Waals surface area contributed by atoms with Crippen molar-refractivity contribution in [1.82, 2.24) is 14.8 Å². The maximum Gasteiger partial charge on any atom is 0.195 e. The highest BCUT2D eigenvalue weighted by Gasteiger charge is 2.16. The second kappa shape index (κ2) is 8.86. The van der Waals surface area contributed by atoms with Crippen molar-refractivity contribution in [2.24, 2.45) is 0 Å². The highest BCUT2D eigenvalue weighted by molar-refractivity contribution is 7.99. The van der Waals surface area contributed by atoms with Gasteiger partial charge in [0.05, 0.1) is 0 Å². The molecule has 0 N–H and O–H groups in total. The Hall–Kier alpha value is -2.60. The summed E-state index contributed by atoms with van der Waals surface area (Å²) in [5.74, 6) is 2.46. The first-order valence-electron chi connectivity index (χ1n) is 8.87. The first-order valence-corrected chi connectivity index (χ1v) is 9.86. The van der Waals surface area contributed by atoms with Crippen LogP contribution in [0.3, 0.4) is 0 Å². The lowest BCUT2D eigenvalue weighted by molar-refractivity contribution is -0.116. The molecule has 6 heteroatoms. The zero-order valence-electron chi connectivity index (χ0n) is 15.8.